The minimum Gasteiger partial charge on any atom is -0.435 e. The first-order valence-corrected chi connectivity index (χ1v) is 7.96. The standard InChI is InChI=1S/C19H20F2N4O.HI/c1-23-19(24-12-15-5-3-14(11-22)4-6-15)25(2)13-16-7-9-17(10-8-16)26-18(20)21;/h3-10,18H,12-13H2,1-2H3,(H,23,24);1H. The number of aliphatic imine (C=N–C) groups is 1. The summed E-state index contributed by atoms with van der Waals surface area (Å²) in [5.74, 6) is 0.831. The van der Waals surface area contributed by atoms with E-state index in [9.17, 15) is 8.78 Å². The van der Waals surface area contributed by atoms with Crippen molar-refractivity contribution in [3.63, 3.8) is 0 Å². The van der Waals surface area contributed by atoms with Gasteiger partial charge in [-0.1, -0.05) is 24.3 Å². The first kappa shape index (κ1) is 22.6. The zero-order valence-corrected chi connectivity index (χ0v) is 17.4. The van der Waals surface area contributed by atoms with Crippen LogP contribution in [0.25, 0.3) is 0 Å². The number of halogens is 3. The fraction of sp³-hybridized carbons (Fsp3) is 0.263. The summed E-state index contributed by atoms with van der Waals surface area (Å²) in [5.41, 5.74) is 2.59. The Morgan fingerprint density at radius 3 is 2.26 bits per heavy atom. The van der Waals surface area contributed by atoms with Gasteiger partial charge in [0.2, 0.25) is 0 Å². The van der Waals surface area contributed by atoms with Gasteiger partial charge in [-0.05, 0) is 35.4 Å². The summed E-state index contributed by atoms with van der Waals surface area (Å²) in [6, 6.07) is 15.9. The third-order valence-corrected chi connectivity index (χ3v) is 3.68. The smallest absolute Gasteiger partial charge is 0.387 e. The van der Waals surface area contributed by atoms with Crippen molar-refractivity contribution in [1.82, 2.24) is 10.2 Å². The van der Waals surface area contributed by atoms with Gasteiger partial charge in [0.1, 0.15) is 5.75 Å². The van der Waals surface area contributed by atoms with E-state index >= 15 is 0 Å². The number of nitriles is 1. The average molecular weight is 486 g/mol. The van der Waals surface area contributed by atoms with E-state index in [1.807, 2.05) is 24.1 Å². The molecule has 27 heavy (non-hydrogen) atoms. The second-order valence-electron chi connectivity index (χ2n) is 5.59. The van der Waals surface area contributed by atoms with E-state index < -0.39 is 6.61 Å². The van der Waals surface area contributed by atoms with E-state index in [1.54, 1.807) is 31.3 Å². The molecule has 0 saturated carbocycles. The van der Waals surface area contributed by atoms with Gasteiger partial charge in [-0.3, -0.25) is 4.99 Å². The lowest BCUT2D eigenvalue weighted by Gasteiger charge is -2.22. The van der Waals surface area contributed by atoms with Crippen LogP contribution >= 0.6 is 24.0 Å². The lowest BCUT2D eigenvalue weighted by atomic mass is 10.1. The molecule has 0 heterocycles. The molecule has 2 rings (SSSR count). The molecule has 1 N–H and O–H groups in total. The van der Waals surface area contributed by atoms with Gasteiger partial charge in [0.25, 0.3) is 0 Å². The van der Waals surface area contributed by atoms with Crippen LogP contribution in [0.5, 0.6) is 5.75 Å². The van der Waals surface area contributed by atoms with Crippen molar-refractivity contribution in [3.8, 4) is 11.8 Å². The largest absolute Gasteiger partial charge is 0.435 e. The molecular weight excluding hydrogens is 465 g/mol. The molecule has 0 radical (unpaired) electrons. The fourth-order valence-corrected chi connectivity index (χ4v) is 2.39. The van der Waals surface area contributed by atoms with Crippen LogP contribution in [-0.2, 0) is 13.1 Å². The summed E-state index contributed by atoms with van der Waals surface area (Å²) in [6.07, 6.45) is 0. The minimum atomic E-state index is -2.83. The molecule has 0 aliphatic carbocycles. The number of alkyl halides is 2. The third-order valence-electron chi connectivity index (χ3n) is 3.68. The SMILES string of the molecule is CN=C(NCc1ccc(C#N)cc1)N(C)Cc1ccc(OC(F)F)cc1.I. The molecule has 0 aliphatic rings. The second-order valence-corrected chi connectivity index (χ2v) is 5.59. The number of hydrogen-bond donors (Lipinski definition) is 1. The topological polar surface area (TPSA) is 60.7 Å². The maximum atomic E-state index is 12.2. The number of guanidine groups is 1. The van der Waals surface area contributed by atoms with Gasteiger partial charge in [0.15, 0.2) is 5.96 Å². The van der Waals surface area contributed by atoms with Gasteiger partial charge in [-0.2, -0.15) is 14.0 Å². The number of benzene rings is 2. The molecule has 2 aromatic carbocycles. The van der Waals surface area contributed by atoms with Crippen molar-refractivity contribution in [3.05, 3.63) is 65.2 Å². The molecule has 0 unspecified atom stereocenters. The van der Waals surface area contributed by atoms with Crippen molar-refractivity contribution in [2.24, 2.45) is 4.99 Å². The number of nitrogens with one attached hydrogen (secondary N) is 1. The zero-order valence-electron chi connectivity index (χ0n) is 15.0. The first-order chi connectivity index (χ1) is 12.5. The lowest BCUT2D eigenvalue weighted by Crippen LogP contribution is -2.38. The normalized spacial score (nSPS) is 10.7. The van der Waals surface area contributed by atoms with Gasteiger partial charge in [0, 0.05) is 27.2 Å². The molecule has 0 fully saturated rings. The molecule has 0 bridgehead atoms. The number of rotatable bonds is 6. The van der Waals surface area contributed by atoms with E-state index in [2.05, 4.69) is 21.1 Å². The van der Waals surface area contributed by atoms with Crippen LogP contribution in [0.1, 0.15) is 16.7 Å². The molecule has 0 aromatic heterocycles. The van der Waals surface area contributed by atoms with Crippen molar-refractivity contribution >= 4 is 29.9 Å². The Balaban J connectivity index is 0.00000364. The van der Waals surface area contributed by atoms with Gasteiger partial charge in [-0.15, -0.1) is 24.0 Å². The first-order valence-electron chi connectivity index (χ1n) is 7.96. The van der Waals surface area contributed by atoms with Crippen molar-refractivity contribution in [2.45, 2.75) is 19.7 Å². The van der Waals surface area contributed by atoms with Crippen LogP contribution in [0.2, 0.25) is 0 Å². The highest BCUT2D eigenvalue weighted by Crippen LogP contribution is 2.15. The Morgan fingerprint density at radius 2 is 1.74 bits per heavy atom. The van der Waals surface area contributed by atoms with E-state index in [0.717, 1.165) is 11.1 Å². The Hall–Kier alpha value is -2.41. The Bertz CT molecular complexity index is 774. The minimum absolute atomic E-state index is 0. The third kappa shape index (κ3) is 7.38. The van der Waals surface area contributed by atoms with Crippen LogP contribution < -0.4 is 10.1 Å². The van der Waals surface area contributed by atoms with Gasteiger partial charge in [0.05, 0.1) is 11.6 Å². The summed E-state index contributed by atoms with van der Waals surface area (Å²) in [6.45, 7) is -1.69. The highest BCUT2D eigenvalue weighted by molar-refractivity contribution is 14.0. The van der Waals surface area contributed by atoms with Gasteiger partial charge >= 0.3 is 6.61 Å². The molecular formula is C19H21F2IN4O. The van der Waals surface area contributed by atoms with Crippen molar-refractivity contribution < 1.29 is 13.5 Å². The van der Waals surface area contributed by atoms with Crippen LogP contribution in [0, 0.1) is 11.3 Å². The molecule has 0 spiro atoms. The van der Waals surface area contributed by atoms with E-state index in [-0.39, 0.29) is 29.7 Å². The maximum Gasteiger partial charge on any atom is 0.387 e. The van der Waals surface area contributed by atoms with E-state index in [1.165, 1.54) is 12.1 Å². The molecule has 2 aromatic rings. The van der Waals surface area contributed by atoms with Crippen molar-refractivity contribution in [1.29, 1.82) is 5.26 Å². The van der Waals surface area contributed by atoms with Crippen LogP contribution in [0.4, 0.5) is 8.78 Å². The van der Waals surface area contributed by atoms with E-state index in [4.69, 9.17) is 5.26 Å². The van der Waals surface area contributed by atoms with Crippen LogP contribution in [-0.4, -0.2) is 31.6 Å². The molecule has 0 amide bonds. The van der Waals surface area contributed by atoms with E-state index in [0.29, 0.717) is 24.6 Å². The molecule has 8 heteroatoms. The zero-order chi connectivity index (χ0) is 18.9. The van der Waals surface area contributed by atoms with Gasteiger partial charge in [-0.25, -0.2) is 0 Å². The fourth-order valence-electron chi connectivity index (χ4n) is 2.39. The lowest BCUT2D eigenvalue weighted by molar-refractivity contribution is -0.0498. The Labute approximate surface area is 174 Å². The predicted molar refractivity (Wildman–Crippen MR) is 111 cm³/mol. The number of hydrogen-bond acceptors (Lipinski definition) is 3. The summed E-state index contributed by atoms with van der Waals surface area (Å²) in [7, 11) is 3.58. The highest BCUT2D eigenvalue weighted by Gasteiger charge is 2.08. The average Bonchev–Trinajstić information content (AvgIpc) is 2.64. The molecule has 0 aliphatic heterocycles. The highest BCUT2D eigenvalue weighted by atomic mass is 127. The van der Waals surface area contributed by atoms with Crippen LogP contribution in [0.15, 0.2) is 53.5 Å². The summed E-state index contributed by atoms with van der Waals surface area (Å²) < 4.78 is 28.7. The molecule has 5 nitrogen and oxygen atoms in total. The Kier molecular flexibility index (Phi) is 9.50. The van der Waals surface area contributed by atoms with Crippen molar-refractivity contribution in [2.75, 3.05) is 14.1 Å². The van der Waals surface area contributed by atoms with Crippen LogP contribution in [0.3, 0.4) is 0 Å². The number of nitrogens with zero attached hydrogens (tertiary/aromatic N) is 3. The second kappa shape index (κ2) is 11.3. The predicted octanol–water partition coefficient (Wildman–Crippen LogP) is 3.99. The summed E-state index contributed by atoms with van der Waals surface area (Å²) >= 11 is 0. The molecule has 144 valence electrons. The molecule has 0 atom stereocenters. The number of ether oxygens (including phenoxy) is 1. The molecule has 0 saturated heterocycles. The monoisotopic (exact) mass is 486 g/mol. The van der Waals surface area contributed by atoms with Gasteiger partial charge < -0.3 is 15.0 Å². The quantitative estimate of drug-likeness (QED) is 0.381. The Morgan fingerprint density at radius 1 is 1.15 bits per heavy atom. The summed E-state index contributed by atoms with van der Waals surface area (Å²) in [5, 5.41) is 12.1. The maximum absolute atomic E-state index is 12.2. The summed E-state index contributed by atoms with van der Waals surface area (Å²) in [4.78, 5) is 6.17.